The lowest BCUT2D eigenvalue weighted by atomic mass is 9.64. The number of carboxylic acids is 1. The van der Waals surface area contributed by atoms with Gasteiger partial charge in [-0.15, -0.1) is 0 Å². The van der Waals surface area contributed by atoms with Crippen LogP contribution in [0.1, 0.15) is 58.8 Å². The zero-order valence-electron chi connectivity index (χ0n) is 10.5. The molecule has 2 fully saturated rings. The lowest BCUT2D eigenvalue weighted by molar-refractivity contribution is -0.141. The van der Waals surface area contributed by atoms with Crippen LogP contribution in [0.5, 0.6) is 0 Å². The molecule has 2 aliphatic carbocycles. The zero-order chi connectivity index (χ0) is 11.8. The molecule has 0 unspecified atom stereocenters. The van der Waals surface area contributed by atoms with Crippen LogP contribution in [0.25, 0.3) is 0 Å². The SMILES string of the molecule is CC(C)C1CCC(CC(=O)O)(C2CC2)CC1. The first kappa shape index (κ1) is 11.9. The minimum Gasteiger partial charge on any atom is -0.481 e. The minimum absolute atomic E-state index is 0.178. The van der Waals surface area contributed by atoms with Crippen molar-refractivity contribution in [3.63, 3.8) is 0 Å². The van der Waals surface area contributed by atoms with Crippen LogP contribution in [0.3, 0.4) is 0 Å². The summed E-state index contributed by atoms with van der Waals surface area (Å²) in [6.07, 6.45) is 7.80. The van der Waals surface area contributed by atoms with Gasteiger partial charge in [-0.3, -0.25) is 4.79 Å². The van der Waals surface area contributed by atoms with E-state index in [1.165, 1.54) is 25.7 Å². The highest BCUT2D eigenvalue weighted by Crippen LogP contribution is 2.57. The average molecular weight is 224 g/mol. The summed E-state index contributed by atoms with van der Waals surface area (Å²) in [4.78, 5) is 11.0. The maximum Gasteiger partial charge on any atom is 0.303 e. The summed E-state index contributed by atoms with van der Waals surface area (Å²) in [7, 11) is 0. The third-order valence-electron chi connectivity index (χ3n) is 4.92. The number of hydrogen-bond donors (Lipinski definition) is 1. The van der Waals surface area contributed by atoms with E-state index in [2.05, 4.69) is 13.8 Å². The molecule has 1 N–H and O–H groups in total. The van der Waals surface area contributed by atoms with Gasteiger partial charge in [0.1, 0.15) is 0 Å². The second kappa shape index (κ2) is 4.38. The molecule has 0 radical (unpaired) electrons. The van der Waals surface area contributed by atoms with Crippen molar-refractivity contribution < 1.29 is 9.90 Å². The van der Waals surface area contributed by atoms with E-state index in [1.807, 2.05) is 0 Å². The first-order chi connectivity index (χ1) is 7.53. The molecule has 0 aromatic carbocycles. The molecule has 2 aliphatic rings. The maximum atomic E-state index is 11.0. The Balaban J connectivity index is 1.98. The predicted molar refractivity (Wildman–Crippen MR) is 64.2 cm³/mol. The molecule has 0 amide bonds. The third kappa shape index (κ3) is 2.41. The van der Waals surface area contributed by atoms with Crippen LogP contribution < -0.4 is 0 Å². The van der Waals surface area contributed by atoms with Crippen molar-refractivity contribution >= 4 is 5.97 Å². The first-order valence-corrected chi connectivity index (χ1v) is 6.75. The van der Waals surface area contributed by atoms with Gasteiger partial charge in [-0.1, -0.05) is 13.8 Å². The summed E-state index contributed by atoms with van der Waals surface area (Å²) in [5.74, 6) is 1.74. The number of carbonyl (C=O) groups is 1. The van der Waals surface area contributed by atoms with Crippen molar-refractivity contribution in [3.05, 3.63) is 0 Å². The van der Waals surface area contributed by atoms with E-state index in [1.54, 1.807) is 0 Å². The molecule has 0 saturated heterocycles. The second-order valence-electron chi connectivity index (χ2n) is 6.29. The van der Waals surface area contributed by atoms with E-state index in [0.717, 1.165) is 30.6 Å². The number of hydrogen-bond acceptors (Lipinski definition) is 1. The van der Waals surface area contributed by atoms with Gasteiger partial charge < -0.3 is 5.11 Å². The van der Waals surface area contributed by atoms with Crippen molar-refractivity contribution in [2.75, 3.05) is 0 Å². The summed E-state index contributed by atoms with van der Waals surface area (Å²) in [5.41, 5.74) is 0.178. The van der Waals surface area contributed by atoms with Crippen molar-refractivity contribution in [2.24, 2.45) is 23.2 Å². The fraction of sp³-hybridized carbons (Fsp3) is 0.929. The van der Waals surface area contributed by atoms with Crippen molar-refractivity contribution in [3.8, 4) is 0 Å². The summed E-state index contributed by atoms with van der Waals surface area (Å²) in [6, 6.07) is 0. The van der Waals surface area contributed by atoms with E-state index in [0.29, 0.717) is 6.42 Å². The van der Waals surface area contributed by atoms with Crippen LogP contribution in [-0.4, -0.2) is 11.1 Å². The Bertz CT molecular complexity index is 258. The quantitative estimate of drug-likeness (QED) is 0.790. The van der Waals surface area contributed by atoms with Gasteiger partial charge in [0.15, 0.2) is 0 Å². The van der Waals surface area contributed by atoms with Crippen LogP contribution >= 0.6 is 0 Å². The van der Waals surface area contributed by atoms with Crippen LogP contribution in [0.15, 0.2) is 0 Å². The molecule has 0 aromatic heterocycles. The molecular weight excluding hydrogens is 200 g/mol. The normalized spacial score (nSPS) is 35.3. The van der Waals surface area contributed by atoms with Crippen molar-refractivity contribution in [2.45, 2.75) is 58.8 Å². The van der Waals surface area contributed by atoms with Gasteiger partial charge in [-0.05, 0) is 61.7 Å². The van der Waals surface area contributed by atoms with E-state index < -0.39 is 5.97 Å². The monoisotopic (exact) mass is 224 g/mol. The Hall–Kier alpha value is -0.530. The fourth-order valence-electron chi connectivity index (χ4n) is 3.61. The lowest BCUT2D eigenvalue weighted by Crippen LogP contribution is -2.33. The fourth-order valence-corrected chi connectivity index (χ4v) is 3.61. The Morgan fingerprint density at radius 2 is 1.81 bits per heavy atom. The highest BCUT2D eigenvalue weighted by molar-refractivity contribution is 5.67. The van der Waals surface area contributed by atoms with Crippen LogP contribution in [0.4, 0.5) is 0 Å². The van der Waals surface area contributed by atoms with Gasteiger partial charge in [0.05, 0.1) is 6.42 Å². The lowest BCUT2D eigenvalue weighted by Gasteiger charge is -2.41. The van der Waals surface area contributed by atoms with Crippen LogP contribution in [0, 0.1) is 23.2 Å². The van der Waals surface area contributed by atoms with Crippen LogP contribution in [0.2, 0.25) is 0 Å². The Kier molecular flexibility index (Phi) is 3.27. The average Bonchev–Trinajstić information content (AvgIpc) is 3.00. The molecule has 0 aromatic rings. The second-order valence-corrected chi connectivity index (χ2v) is 6.29. The largest absolute Gasteiger partial charge is 0.481 e. The molecule has 16 heavy (non-hydrogen) atoms. The molecule has 0 atom stereocenters. The number of aliphatic carboxylic acids is 1. The highest BCUT2D eigenvalue weighted by atomic mass is 16.4. The Morgan fingerprint density at radius 1 is 1.25 bits per heavy atom. The molecule has 2 heteroatoms. The summed E-state index contributed by atoms with van der Waals surface area (Å²) in [5, 5.41) is 9.08. The predicted octanol–water partition coefficient (Wildman–Crippen LogP) is 3.70. The molecule has 0 heterocycles. The molecule has 0 bridgehead atoms. The standard InChI is InChI=1S/C14H24O2/c1-10(2)11-5-7-14(8-6-11,9-13(15)16)12-3-4-12/h10-12H,3-9H2,1-2H3,(H,15,16). The smallest absolute Gasteiger partial charge is 0.303 e. The van der Waals surface area contributed by atoms with Gasteiger partial charge in [0.25, 0.3) is 0 Å². The number of carboxylic acid groups (broad SMARTS) is 1. The summed E-state index contributed by atoms with van der Waals surface area (Å²) >= 11 is 0. The van der Waals surface area contributed by atoms with E-state index >= 15 is 0 Å². The molecule has 2 nitrogen and oxygen atoms in total. The van der Waals surface area contributed by atoms with E-state index in [9.17, 15) is 4.79 Å². The van der Waals surface area contributed by atoms with Gasteiger partial charge in [0.2, 0.25) is 0 Å². The van der Waals surface area contributed by atoms with Gasteiger partial charge in [-0.2, -0.15) is 0 Å². The molecule has 0 aliphatic heterocycles. The van der Waals surface area contributed by atoms with Crippen LogP contribution in [-0.2, 0) is 4.79 Å². The van der Waals surface area contributed by atoms with Crippen molar-refractivity contribution in [1.82, 2.24) is 0 Å². The van der Waals surface area contributed by atoms with E-state index in [-0.39, 0.29) is 5.41 Å². The molecule has 2 rings (SSSR count). The Morgan fingerprint density at radius 3 is 2.19 bits per heavy atom. The topological polar surface area (TPSA) is 37.3 Å². The minimum atomic E-state index is -0.588. The first-order valence-electron chi connectivity index (χ1n) is 6.75. The maximum absolute atomic E-state index is 11.0. The Labute approximate surface area is 98.4 Å². The molecule has 0 spiro atoms. The highest BCUT2D eigenvalue weighted by Gasteiger charge is 2.48. The molecule has 92 valence electrons. The summed E-state index contributed by atoms with van der Waals surface area (Å²) in [6.45, 7) is 4.60. The summed E-state index contributed by atoms with van der Waals surface area (Å²) < 4.78 is 0. The number of rotatable bonds is 4. The third-order valence-corrected chi connectivity index (χ3v) is 4.92. The molecular formula is C14H24O2. The van der Waals surface area contributed by atoms with Gasteiger partial charge in [-0.25, -0.2) is 0 Å². The van der Waals surface area contributed by atoms with E-state index in [4.69, 9.17) is 5.11 Å². The van der Waals surface area contributed by atoms with Gasteiger partial charge >= 0.3 is 5.97 Å². The molecule has 2 saturated carbocycles. The van der Waals surface area contributed by atoms with Gasteiger partial charge in [0, 0.05) is 0 Å². The zero-order valence-corrected chi connectivity index (χ0v) is 10.5. The van der Waals surface area contributed by atoms with Crippen molar-refractivity contribution in [1.29, 1.82) is 0 Å².